The van der Waals surface area contributed by atoms with Crippen LogP contribution in [0.2, 0.25) is 0 Å². The molecule has 6 aliphatic rings. The van der Waals surface area contributed by atoms with Gasteiger partial charge in [0.05, 0.1) is 12.3 Å². The van der Waals surface area contributed by atoms with E-state index in [-0.39, 0.29) is 30.3 Å². The summed E-state index contributed by atoms with van der Waals surface area (Å²) >= 11 is 0. The molecule has 7 heteroatoms. The maximum atomic E-state index is 13.4. The fraction of sp³-hybridized carbons (Fsp3) is 0.871. The van der Waals surface area contributed by atoms with Gasteiger partial charge in [-0.05, 0) is 108 Å². The average molecular weight is 529 g/mol. The van der Waals surface area contributed by atoms with Gasteiger partial charge in [0.25, 0.3) is 0 Å². The Balaban J connectivity index is 1.40. The molecule has 212 valence electrons. The first-order valence-electron chi connectivity index (χ1n) is 15.5. The number of nitrogens with one attached hydrogen (secondary N) is 1. The van der Waals surface area contributed by atoms with E-state index in [9.17, 15) is 9.59 Å². The number of ether oxygens (including phenoxy) is 3. The zero-order valence-electron chi connectivity index (χ0n) is 23.6. The van der Waals surface area contributed by atoms with Gasteiger partial charge in [-0.15, -0.1) is 0 Å². The van der Waals surface area contributed by atoms with Crippen LogP contribution >= 0.6 is 0 Å². The summed E-state index contributed by atoms with van der Waals surface area (Å²) in [5.74, 6) is 2.45. The van der Waals surface area contributed by atoms with Gasteiger partial charge in [-0.1, -0.05) is 25.3 Å². The van der Waals surface area contributed by atoms with E-state index in [1.807, 2.05) is 19.9 Å². The summed E-state index contributed by atoms with van der Waals surface area (Å²) in [5, 5.41) is 3.58. The van der Waals surface area contributed by atoms with Crippen molar-refractivity contribution in [3.8, 4) is 0 Å². The first kappa shape index (κ1) is 26.8. The van der Waals surface area contributed by atoms with Crippen LogP contribution in [0.4, 0.5) is 0 Å². The Morgan fingerprint density at radius 3 is 2.61 bits per heavy atom. The van der Waals surface area contributed by atoms with Crippen LogP contribution in [0.15, 0.2) is 11.6 Å². The molecule has 0 aromatic carbocycles. The Bertz CT molecular complexity index is 960. The Morgan fingerprint density at radius 2 is 1.84 bits per heavy atom. The zero-order valence-corrected chi connectivity index (χ0v) is 23.6. The molecule has 7 nitrogen and oxygen atoms in total. The molecule has 1 spiro atoms. The van der Waals surface area contributed by atoms with Gasteiger partial charge >= 0.3 is 11.9 Å². The highest BCUT2D eigenvalue weighted by molar-refractivity contribution is 5.88. The standard InChI is InChI=1S/C31H48N2O5/c1-4-18(2)29(35)38-30(3)15-20-7-5-6-8-23(20)28(21-9-11-26(32)33-17-21)31(30)16-22-13-19-10-12-27(34)36-24(19)14-25(22)37-31/h4,19-26,28,33H,5-17,32H2,1-3H3. The second-order valence-electron chi connectivity index (χ2n) is 13.7. The minimum atomic E-state index is -0.698. The van der Waals surface area contributed by atoms with Crippen LogP contribution in [0.25, 0.3) is 0 Å². The molecule has 11 unspecified atom stereocenters. The summed E-state index contributed by atoms with van der Waals surface area (Å²) in [7, 11) is 0. The predicted molar refractivity (Wildman–Crippen MR) is 144 cm³/mol. The van der Waals surface area contributed by atoms with Gasteiger partial charge in [0, 0.05) is 18.4 Å². The lowest BCUT2D eigenvalue weighted by atomic mass is 9.49. The number of carbonyl (C=O) groups excluding carboxylic acids is 2. The molecule has 3 aliphatic carbocycles. The molecule has 0 aromatic heterocycles. The Kier molecular flexibility index (Phi) is 7.18. The molecule has 3 N–H and O–H groups in total. The van der Waals surface area contributed by atoms with Crippen LogP contribution in [-0.2, 0) is 23.8 Å². The SMILES string of the molecule is CC=C(C)C(=O)OC1(C)CC2CCCCC2C(C2CCC(N)NC2)C12CC1CC3CCC(=O)OC3CC1O2. The maximum Gasteiger partial charge on any atom is 0.334 e. The lowest BCUT2D eigenvalue weighted by molar-refractivity contribution is -0.266. The fourth-order valence-corrected chi connectivity index (χ4v) is 9.71. The molecular formula is C31H48N2O5. The number of hydrogen-bond donors (Lipinski definition) is 2. The Hall–Kier alpha value is -1.44. The second-order valence-corrected chi connectivity index (χ2v) is 13.7. The summed E-state index contributed by atoms with van der Waals surface area (Å²) in [6.45, 7) is 6.84. The predicted octanol–water partition coefficient (Wildman–Crippen LogP) is 4.62. The number of fused-ring (bicyclic) bond motifs is 3. The van der Waals surface area contributed by atoms with E-state index in [4.69, 9.17) is 19.9 Å². The first-order chi connectivity index (χ1) is 18.2. The van der Waals surface area contributed by atoms with Crippen molar-refractivity contribution < 1.29 is 23.8 Å². The van der Waals surface area contributed by atoms with Crippen molar-refractivity contribution in [2.24, 2.45) is 41.2 Å². The van der Waals surface area contributed by atoms with E-state index in [2.05, 4.69) is 12.2 Å². The molecule has 38 heavy (non-hydrogen) atoms. The smallest absolute Gasteiger partial charge is 0.334 e. The van der Waals surface area contributed by atoms with Crippen LogP contribution in [0, 0.1) is 35.5 Å². The zero-order chi connectivity index (χ0) is 26.7. The normalized spacial score (nSPS) is 49.0. The van der Waals surface area contributed by atoms with Gasteiger partial charge < -0.3 is 25.3 Å². The molecule has 0 bridgehead atoms. The summed E-state index contributed by atoms with van der Waals surface area (Å²) in [6, 6.07) is 0. The van der Waals surface area contributed by atoms with Crippen molar-refractivity contribution in [2.75, 3.05) is 6.54 Å². The molecule has 3 heterocycles. The van der Waals surface area contributed by atoms with Gasteiger partial charge in [-0.2, -0.15) is 0 Å². The fourth-order valence-electron chi connectivity index (χ4n) is 9.71. The molecule has 3 saturated carbocycles. The molecule has 3 saturated heterocycles. The van der Waals surface area contributed by atoms with Crippen molar-refractivity contribution in [2.45, 2.75) is 127 Å². The number of piperidine rings is 1. The molecule has 3 aliphatic heterocycles. The lowest BCUT2D eigenvalue weighted by Crippen LogP contribution is -2.68. The summed E-state index contributed by atoms with van der Waals surface area (Å²) < 4.78 is 19.9. The van der Waals surface area contributed by atoms with Crippen LogP contribution in [-0.4, -0.2) is 48.1 Å². The number of carbonyl (C=O) groups is 2. The van der Waals surface area contributed by atoms with Crippen LogP contribution < -0.4 is 11.1 Å². The van der Waals surface area contributed by atoms with Crippen LogP contribution in [0.1, 0.15) is 97.8 Å². The van der Waals surface area contributed by atoms with Gasteiger partial charge in [-0.3, -0.25) is 4.79 Å². The summed E-state index contributed by atoms with van der Waals surface area (Å²) in [6.07, 6.45) is 14.0. The number of rotatable bonds is 3. The number of hydrogen-bond acceptors (Lipinski definition) is 7. The lowest BCUT2D eigenvalue weighted by Gasteiger charge is -2.61. The van der Waals surface area contributed by atoms with Crippen molar-refractivity contribution in [1.82, 2.24) is 5.32 Å². The topological polar surface area (TPSA) is 99.9 Å². The van der Waals surface area contributed by atoms with E-state index < -0.39 is 11.2 Å². The Morgan fingerprint density at radius 1 is 1.03 bits per heavy atom. The first-order valence-corrected chi connectivity index (χ1v) is 15.5. The largest absolute Gasteiger partial charge is 0.462 e. The van der Waals surface area contributed by atoms with Crippen LogP contribution in [0.3, 0.4) is 0 Å². The van der Waals surface area contributed by atoms with Gasteiger partial charge in [0.15, 0.2) is 0 Å². The minimum absolute atomic E-state index is 0.0365. The van der Waals surface area contributed by atoms with Crippen LogP contribution in [0.5, 0.6) is 0 Å². The quantitative estimate of drug-likeness (QED) is 0.407. The molecule has 0 radical (unpaired) electrons. The third-order valence-electron chi connectivity index (χ3n) is 11.6. The monoisotopic (exact) mass is 528 g/mol. The van der Waals surface area contributed by atoms with Gasteiger partial charge in [0.2, 0.25) is 0 Å². The van der Waals surface area contributed by atoms with E-state index >= 15 is 0 Å². The average Bonchev–Trinajstić information content (AvgIpc) is 3.27. The summed E-state index contributed by atoms with van der Waals surface area (Å²) in [4.78, 5) is 25.5. The number of nitrogens with two attached hydrogens (primary N) is 1. The van der Waals surface area contributed by atoms with Gasteiger partial charge in [0.1, 0.15) is 17.3 Å². The highest BCUT2D eigenvalue weighted by Crippen LogP contribution is 2.64. The minimum Gasteiger partial charge on any atom is -0.462 e. The highest BCUT2D eigenvalue weighted by atomic mass is 16.6. The highest BCUT2D eigenvalue weighted by Gasteiger charge is 2.70. The third-order valence-corrected chi connectivity index (χ3v) is 11.6. The van der Waals surface area contributed by atoms with Crippen molar-refractivity contribution in [1.29, 1.82) is 0 Å². The van der Waals surface area contributed by atoms with E-state index in [0.29, 0.717) is 47.5 Å². The Labute approximate surface area is 228 Å². The van der Waals surface area contributed by atoms with E-state index in [1.165, 1.54) is 25.7 Å². The van der Waals surface area contributed by atoms with E-state index in [0.717, 1.165) is 51.5 Å². The van der Waals surface area contributed by atoms with Gasteiger partial charge in [-0.25, -0.2) is 4.79 Å². The molecular weight excluding hydrogens is 480 g/mol. The van der Waals surface area contributed by atoms with E-state index in [1.54, 1.807) is 0 Å². The molecule has 0 aromatic rings. The van der Waals surface area contributed by atoms with Crippen molar-refractivity contribution in [3.05, 3.63) is 11.6 Å². The molecule has 6 fully saturated rings. The third kappa shape index (κ3) is 4.45. The molecule has 11 atom stereocenters. The van der Waals surface area contributed by atoms with Crippen molar-refractivity contribution in [3.63, 3.8) is 0 Å². The second kappa shape index (κ2) is 10.2. The number of allylic oxidation sites excluding steroid dienone is 1. The number of esters is 2. The summed E-state index contributed by atoms with van der Waals surface area (Å²) in [5.41, 5.74) is 5.71. The van der Waals surface area contributed by atoms with Crippen molar-refractivity contribution >= 4 is 11.9 Å². The molecule has 6 rings (SSSR count). The molecule has 0 amide bonds. The maximum absolute atomic E-state index is 13.4.